The van der Waals surface area contributed by atoms with Crippen LogP contribution in [0.15, 0.2) is 35.2 Å². The fourth-order valence-corrected chi connectivity index (χ4v) is 2.40. The Balaban J connectivity index is 2.85. The third-order valence-corrected chi connectivity index (χ3v) is 3.82. The van der Waals surface area contributed by atoms with Crippen LogP contribution in [0.1, 0.15) is 0 Å². The Morgan fingerprint density at radius 2 is 1.78 bits per heavy atom. The largest absolute Gasteiger partial charge is 0.501 e. The third kappa shape index (κ3) is 1.88. The molecule has 0 amide bonds. The van der Waals surface area contributed by atoms with Gasteiger partial charge in [-0.2, -0.15) is 13.2 Å². The normalized spacial score (nSPS) is 12.8. The second kappa shape index (κ2) is 3.84. The van der Waals surface area contributed by atoms with Crippen molar-refractivity contribution in [3.05, 3.63) is 30.3 Å². The maximum atomic E-state index is 12.5. The molecule has 0 saturated carbocycles. The Labute approximate surface area is 100 Å². The number of halogens is 3. The van der Waals surface area contributed by atoms with Crippen LogP contribution in [0.25, 0.3) is 10.9 Å². The quantitative estimate of drug-likeness (QED) is 0.865. The van der Waals surface area contributed by atoms with Gasteiger partial charge in [0.2, 0.25) is 0 Å². The lowest BCUT2D eigenvalue weighted by atomic mass is 10.2. The molecule has 0 aliphatic heterocycles. The SMILES string of the molecule is Nc1ccc2cccc(S(=O)(=O)C(F)(F)F)c2n1. The van der Waals surface area contributed by atoms with Gasteiger partial charge in [0.1, 0.15) is 10.7 Å². The number of hydrogen-bond acceptors (Lipinski definition) is 4. The average Bonchev–Trinajstić information content (AvgIpc) is 2.26. The third-order valence-electron chi connectivity index (χ3n) is 2.30. The minimum absolute atomic E-state index is 0.0488. The van der Waals surface area contributed by atoms with Gasteiger partial charge in [-0.15, -0.1) is 0 Å². The van der Waals surface area contributed by atoms with E-state index in [0.29, 0.717) is 0 Å². The predicted molar refractivity (Wildman–Crippen MR) is 59.4 cm³/mol. The summed E-state index contributed by atoms with van der Waals surface area (Å²) in [5.74, 6) is -0.0488. The summed E-state index contributed by atoms with van der Waals surface area (Å²) < 4.78 is 60.2. The number of nitrogens with two attached hydrogens (primary N) is 1. The summed E-state index contributed by atoms with van der Waals surface area (Å²) in [6, 6.07) is 6.33. The molecular weight excluding hydrogens is 269 g/mol. The summed E-state index contributed by atoms with van der Waals surface area (Å²) in [6.45, 7) is 0. The van der Waals surface area contributed by atoms with Crippen LogP contribution in [-0.2, 0) is 9.84 Å². The molecule has 8 heteroatoms. The van der Waals surface area contributed by atoms with Gasteiger partial charge in [0.15, 0.2) is 0 Å². The Hall–Kier alpha value is -1.83. The zero-order valence-electron chi connectivity index (χ0n) is 8.77. The van der Waals surface area contributed by atoms with Crippen molar-refractivity contribution >= 4 is 26.6 Å². The van der Waals surface area contributed by atoms with Gasteiger partial charge in [-0.1, -0.05) is 12.1 Å². The van der Waals surface area contributed by atoms with E-state index in [-0.39, 0.29) is 16.7 Å². The summed E-state index contributed by atoms with van der Waals surface area (Å²) in [7, 11) is -5.44. The number of fused-ring (bicyclic) bond motifs is 1. The number of sulfone groups is 1. The number of hydrogen-bond donors (Lipinski definition) is 1. The van der Waals surface area contributed by atoms with Gasteiger partial charge in [-0.25, -0.2) is 13.4 Å². The predicted octanol–water partition coefficient (Wildman–Crippen LogP) is 2.11. The van der Waals surface area contributed by atoms with E-state index in [1.165, 1.54) is 24.3 Å². The molecule has 0 atom stereocenters. The van der Waals surface area contributed by atoms with Crippen molar-refractivity contribution in [3.63, 3.8) is 0 Å². The summed E-state index contributed by atoms with van der Waals surface area (Å²) in [5, 5.41) is 0.273. The van der Waals surface area contributed by atoms with E-state index >= 15 is 0 Å². The summed E-state index contributed by atoms with van der Waals surface area (Å²) in [4.78, 5) is 2.76. The molecule has 96 valence electrons. The lowest BCUT2D eigenvalue weighted by molar-refractivity contribution is -0.0435. The van der Waals surface area contributed by atoms with Gasteiger partial charge in [-0.3, -0.25) is 0 Å². The maximum absolute atomic E-state index is 12.5. The van der Waals surface area contributed by atoms with Crippen LogP contribution in [0.3, 0.4) is 0 Å². The molecule has 1 aromatic carbocycles. The van der Waals surface area contributed by atoms with Crippen LogP contribution in [0.5, 0.6) is 0 Å². The monoisotopic (exact) mass is 276 g/mol. The minimum Gasteiger partial charge on any atom is -0.384 e. The number of benzene rings is 1. The van der Waals surface area contributed by atoms with Crippen molar-refractivity contribution in [2.75, 3.05) is 5.73 Å². The van der Waals surface area contributed by atoms with Gasteiger partial charge < -0.3 is 5.73 Å². The first-order valence-electron chi connectivity index (χ1n) is 4.70. The van der Waals surface area contributed by atoms with E-state index in [1.54, 1.807) is 0 Å². The number of aromatic nitrogens is 1. The Morgan fingerprint density at radius 1 is 1.11 bits per heavy atom. The number of pyridine rings is 1. The molecule has 0 aliphatic carbocycles. The number of anilines is 1. The molecule has 0 unspecified atom stereocenters. The number of nitrogen functional groups attached to an aromatic ring is 1. The van der Waals surface area contributed by atoms with Crippen molar-refractivity contribution in [2.45, 2.75) is 10.4 Å². The molecular formula is C10H7F3N2O2S. The molecule has 4 nitrogen and oxygen atoms in total. The summed E-state index contributed by atoms with van der Waals surface area (Å²) in [6.07, 6.45) is 0. The molecule has 2 aromatic rings. The first kappa shape index (κ1) is 12.6. The van der Waals surface area contributed by atoms with Crippen molar-refractivity contribution in [1.29, 1.82) is 0 Å². The summed E-state index contributed by atoms with van der Waals surface area (Å²) in [5.41, 5.74) is -0.292. The van der Waals surface area contributed by atoms with E-state index < -0.39 is 20.2 Å². The fourth-order valence-electron chi connectivity index (χ4n) is 1.48. The van der Waals surface area contributed by atoms with Crippen molar-refractivity contribution < 1.29 is 21.6 Å². The smallest absolute Gasteiger partial charge is 0.384 e. The number of nitrogens with zero attached hydrogens (tertiary/aromatic N) is 1. The molecule has 18 heavy (non-hydrogen) atoms. The maximum Gasteiger partial charge on any atom is 0.501 e. The van der Waals surface area contributed by atoms with Gasteiger partial charge >= 0.3 is 5.51 Å². The Morgan fingerprint density at radius 3 is 2.39 bits per heavy atom. The number of rotatable bonds is 1. The molecule has 0 aliphatic rings. The number of alkyl halides is 3. The van der Waals surface area contributed by atoms with Crippen LogP contribution < -0.4 is 5.73 Å². The standard InChI is InChI=1S/C10H7F3N2O2S/c11-10(12,13)18(16,17)7-3-1-2-6-4-5-8(14)15-9(6)7/h1-5H,(H2,14,15). The highest BCUT2D eigenvalue weighted by Crippen LogP contribution is 2.33. The van der Waals surface area contributed by atoms with E-state index in [2.05, 4.69) is 4.98 Å². The molecule has 0 bridgehead atoms. The van der Waals surface area contributed by atoms with Gasteiger partial charge in [0.25, 0.3) is 9.84 Å². The van der Waals surface area contributed by atoms with E-state index in [9.17, 15) is 21.6 Å². The topological polar surface area (TPSA) is 73.1 Å². The Kier molecular flexibility index (Phi) is 2.69. The lowest BCUT2D eigenvalue weighted by Gasteiger charge is -2.10. The molecule has 1 heterocycles. The lowest BCUT2D eigenvalue weighted by Crippen LogP contribution is -2.23. The average molecular weight is 276 g/mol. The first-order valence-corrected chi connectivity index (χ1v) is 6.18. The van der Waals surface area contributed by atoms with Crippen LogP contribution in [-0.4, -0.2) is 18.9 Å². The fraction of sp³-hybridized carbons (Fsp3) is 0.100. The van der Waals surface area contributed by atoms with E-state index in [4.69, 9.17) is 5.73 Å². The van der Waals surface area contributed by atoms with Gasteiger partial charge in [0, 0.05) is 5.39 Å². The second-order valence-corrected chi connectivity index (χ2v) is 5.42. The van der Waals surface area contributed by atoms with Crippen molar-refractivity contribution in [1.82, 2.24) is 4.98 Å². The van der Waals surface area contributed by atoms with Crippen LogP contribution in [0.2, 0.25) is 0 Å². The molecule has 1 aromatic heterocycles. The first-order chi connectivity index (χ1) is 8.23. The molecule has 2 rings (SSSR count). The zero-order chi connectivity index (χ0) is 13.6. The molecule has 0 fully saturated rings. The van der Waals surface area contributed by atoms with Crippen LogP contribution in [0, 0.1) is 0 Å². The Bertz CT molecular complexity index is 711. The van der Waals surface area contributed by atoms with E-state index in [1.807, 2.05) is 0 Å². The molecule has 0 spiro atoms. The highest BCUT2D eigenvalue weighted by atomic mass is 32.2. The summed E-state index contributed by atoms with van der Waals surface area (Å²) >= 11 is 0. The number of para-hydroxylation sites is 1. The van der Waals surface area contributed by atoms with Gasteiger partial charge in [-0.05, 0) is 18.2 Å². The highest BCUT2D eigenvalue weighted by molar-refractivity contribution is 7.92. The second-order valence-electron chi connectivity index (χ2n) is 3.51. The van der Waals surface area contributed by atoms with Gasteiger partial charge in [0.05, 0.1) is 5.52 Å². The molecule has 0 saturated heterocycles. The molecule has 2 N–H and O–H groups in total. The van der Waals surface area contributed by atoms with Crippen molar-refractivity contribution in [2.24, 2.45) is 0 Å². The van der Waals surface area contributed by atoms with Crippen molar-refractivity contribution in [3.8, 4) is 0 Å². The molecule has 0 radical (unpaired) electrons. The van der Waals surface area contributed by atoms with Crippen LogP contribution >= 0.6 is 0 Å². The zero-order valence-corrected chi connectivity index (χ0v) is 9.59. The van der Waals surface area contributed by atoms with E-state index in [0.717, 1.165) is 6.07 Å². The minimum atomic E-state index is -5.44. The highest BCUT2D eigenvalue weighted by Gasteiger charge is 2.47. The van der Waals surface area contributed by atoms with Crippen LogP contribution in [0.4, 0.5) is 19.0 Å².